The lowest BCUT2D eigenvalue weighted by Crippen LogP contribution is -2.22. The van der Waals surface area contributed by atoms with E-state index in [-0.39, 0.29) is 11.7 Å². The number of nitrogens with one attached hydrogen (secondary N) is 2. The van der Waals surface area contributed by atoms with E-state index < -0.39 is 4.92 Å². The Morgan fingerprint density at radius 1 is 1.52 bits per heavy atom. The molecule has 21 heavy (non-hydrogen) atoms. The summed E-state index contributed by atoms with van der Waals surface area (Å²) < 4.78 is 1.82. The lowest BCUT2D eigenvalue weighted by atomic mass is 10.3. The lowest BCUT2D eigenvalue weighted by Gasteiger charge is -2.12. The fourth-order valence-electron chi connectivity index (χ4n) is 2.15. The van der Waals surface area contributed by atoms with Gasteiger partial charge in [-0.05, 0) is 19.1 Å². The molecule has 0 aliphatic rings. The van der Waals surface area contributed by atoms with E-state index in [1.807, 2.05) is 23.9 Å². The zero-order valence-electron chi connectivity index (χ0n) is 11.4. The van der Waals surface area contributed by atoms with Crippen molar-refractivity contribution in [2.75, 3.05) is 5.32 Å². The number of imidazole rings is 1. The van der Waals surface area contributed by atoms with Gasteiger partial charge in [-0.1, -0.05) is 0 Å². The monoisotopic (exact) mass is 286 g/mol. The molecule has 0 saturated heterocycles. The van der Waals surface area contributed by atoms with Crippen LogP contribution >= 0.6 is 0 Å². The summed E-state index contributed by atoms with van der Waals surface area (Å²) in [5.41, 5.74) is 1.37. The molecule has 8 nitrogen and oxygen atoms in total. The van der Waals surface area contributed by atoms with Gasteiger partial charge < -0.3 is 10.3 Å². The summed E-state index contributed by atoms with van der Waals surface area (Å²) in [6.45, 7) is 2.71. The summed E-state index contributed by atoms with van der Waals surface area (Å²) in [4.78, 5) is 17.7. The van der Waals surface area contributed by atoms with Crippen molar-refractivity contribution in [1.82, 2.24) is 19.7 Å². The van der Waals surface area contributed by atoms with E-state index in [1.54, 1.807) is 12.3 Å². The number of nitro benzene ring substituents is 1. The minimum Gasteiger partial charge on any atom is -0.351 e. The van der Waals surface area contributed by atoms with Gasteiger partial charge in [0, 0.05) is 30.6 Å². The molecule has 0 aliphatic heterocycles. The van der Waals surface area contributed by atoms with Gasteiger partial charge in [0.05, 0.1) is 22.5 Å². The van der Waals surface area contributed by atoms with Crippen molar-refractivity contribution in [3.05, 3.63) is 46.8 Å². The number of H-pyrrole nitrogens is 1. The second-order valence-electron chi connectivity index (χ2n) is 4.82. The first-order chi connectivity index (χ1) is 10.1. The van der Waals surface area contributed by atoms with Crippen LogP contribution in [0.2, 0.25) is 0 Å². The van der Waals surface area contributed by atoms with Crippen LogP contribution in [0.5, 0.6) is 0 Å². The highest BCUT2D eigenvalue weighted by molar-refractivity contribution is 5.79. The number of anilines is 1. The second kappa shape index (κ2) is 5.23. The number of aromatic amines is 1. The molecule has 2 heterocycles. The number of rotatable bonds is 5. The molecule has 0 amide bonds. The molecule has 0 bridgehead atoms. The van der Waals surface area contributed by atoms with Crippen molar-refractivity contribution in [2.45, 2.75) is 19.5 Å². The van der Waals surface area contributed by atoms with Gasteiger partial charge in [0.1, 0.15) is 0 Å². The molecule has 0 spiro atoms. The van der Waals surface area contributed by atoms with E-state index in [1.165, 1.54) is 12.1 Å². The number of fused-ring (bicyclic) bond motifs is 1. The number of aromatic nitrogens is 4. The molecule has 3 aromatic rings. The SMILES string of the molecule is CC(Cn1cccn1)Nc1nc2ccc([N+](=O)[O-])cc2[nH]1. The molecule has 8 heteroatoms. The van der Waals surface area contributed by atoms with Crippen LogP contribution in [-0.2, 0) is 6.54 Å². The van der Waals surface area contributed by atoms with Crippen molar-refractivity contribution in [3.8, 4) is 0 Å². The maximum Gasteiger partial charge on any atom is 0.271 e. The maximum atomic E-state index is 10.8. The fourth-order valence-corrected chi connectivity index (χ4v) is 2.15. The smallest absolute Gasteiger partial charge is 0.271 e. The van der Waals surface area contributed by atoms with Crippen molar-refractivity contribution in [2.24, 2.45) is 0 Å². The average molecular weight is 286 g/mol. The molecule has 1 unspecified atom stereocenters. The summed E-state index contributed by atoms with van der Waals surface area (Å²) >= 11 is 0. The average Bonchev–Trinajstić information content (AvgIpc) is 3.05. The first-order valence-electron chi connectivity index (χ1n) is 6.50. The van der Waals surface area contributed by atoms with Crippen LogP contribution in [0.3, 0.4) is 0 Å². The number of hydrogen-bond acceptors (Lipinski definition) is 5. The standard InChI is InChI=1S/C13H14N6O2/c1-9(8-18-6-2-5-14-18)15-13-16-11-4-3-10(19(20)21)7-12(11)17-13/h2-7,9H,8H2,1H3,(H2,15,16,17). The highest BCUT2D eigenvalue weighted by atomic mass is 16.6. The van der Waals surface area contributed by atoms with Gasteiger partial charge in [-0.25, -0.2) is 4.98 Å². The molecule has 0 saturated carbocycles. The fraction of sp³-hybridized carbons (Fsp3) is 0.231. The minimum absolute atomic E-state index is 0.0438. The van der Waals surface area contributed by atoms with E-state index in [0.29, 0.717) is 23.5 Å². The van der Waals surface area contributed by atoms with Crippen molar-refractivity contribution >= 4 is 22.7 Å². The Labute approximate surface area is 120 Å². The predicted octanol–water partition coefficient (Wildman–Crippen LogP) is 2.17. The lowest BCUT2D eigenvalue weighted by molar-refractivity contribution is -0.384. The summed E-state index contributed by atoms with van der Waals surface area (Å²) in [5, 5.41) is 18.1. The van der Waals surface area contributed by atoms with E-state index in [2.05, 4.69) is 20.4 Å². The Balaban J connectivity index is 1.76. The van der Waals surface area contributed by atoms with Crippen LogP contribution in [0.25, 0.3) is 11.0 Å². The summed E-state index contributed by atoms with van der Waals surface area (Å²) in [7, 11) is 0. The molecule has 108 valence electrons. The Kier molecular flexibility index (Phi) is 3.27. The van der Waals surface area contributed by atoms with Gasteiger partial charge in [0.25, 0.3) is 5.69 Å². The van der Waals surface area contributed by atoms with Gasteiger partial charge in [-0.15, -0.1) is 0 Å². The molecule has 0 fully saturated rings. The van der Waals surface area contributed by atoms with Crippen molar-refractivity contribution < 1.29 is 4.92 Å². The van der Waals surface area contributed by atoms with Crippen LogP contribution in [0.4, 0.5) is 11.6 Å². The third-order valence-electron chi connectivity index (χ3n) is 3.08. The zero-order valence-corrected chi connectivity index (χ0v) is 11.4. The third kappa shape index (κ3) is 2.83. The number of benzene rings is 1. The predicted molar refractivity (Wildman–Crippen MR) is 78.1 cm³/mol. The van der Waals surface area contributed by atoms with Gasteiger partial charge in [0.2, 0.25) is 5.95 Å². The van der Waals surface area contributed by atoms with Crippen molar-refractivity contribution in [1.29, 1.82) is 0 Å². The first-order valence-corrected chi connectivity index (χ1v) is 6.50. The number of nitrogens with zero attached hydrogens (tertiary/aromatic N) is 4. The molecule has 0 radical (unpaired) electrons. The van der Waals surface area contributed by atoms with Crippen LogP contribution in [-0.4, -0.2) is 30.7 Å². The highest BCUT2D eigenvalue weighted by Crippen LogP contribution is 2.20. The molecule has 2 aromatic heterocycles. The Morgan fingerprint density at radius 2 is 2.38 bits per heavy atom. The number of non-ortho nitro benzene ring substituents is 1. The van der Waals surface area contributed by atoms with Gasteiger partial charge in [-0.3, -0.25) is 14.8 Å². The molecular weight excluding hydrogens is 272 g/mol. The second-order valence-corrected chi connectivity index (χ2v) is 4.82. The van der Waals surface area contributed by atoms with Gasteiger partial charge in [0.15, 0.2) is 0 Å². The van der Waals surface area contributed by atoms with Crippen molar-refractivity contribution in [3.63, 3.8) is 0 Å². The van der Waals surface area contributed by atoms with Gasteiger partial charge in [-0.2, -0.15) is 5.10 Å². The summed E-state index contributed by atoms with van der Waals surface area (Å²) in [5.74, 6) is 0.588. The number of hydrogen-bond donors (Lipinski definition) is 2. The molecule has 2 N–H and O–H groups in total. The maximum absolute atomic E-state index is 10.8. The van der Waals surface area contributed by atoms with Crippen LogP contribution in [0.15, 0.2) is 36.7 Å². The molecular formula is C13H14N6O2. The normalized spacial score (nSPS) is 12.4. The van der Waals surface area contributed by atoms with E-state index >= 15 is 0 Å². The minimum atomic E-state index is -0.423. The van der Waals surface area contributed by atoms with E-state index in [9.17, 15) is 10.1 Å². The highest BCUT2D eigenvalue weighted by Gasteiger charge is 2.11. The van der Waals surface area contributed by atoms with Gasteiger partial charge >= 0.3 is 0 Å². The quantitative estimate of drug-likeness (QED) is 0.553. The topological polar surface area (TPSA) is 102 Å². The molecule has 1 aromatic carbocycles. The van der Waals surface area contributed by atoms with Crippen LogP contribution in [0.1, 0.15) is 6.92 Å². The Bertz CT molecular complexity index is 764. The third-order valence-corrected chi connectivity index (χ3v) is 3.08. The largest absolute Gasteiger partial charge is 0.351 e. The molecule has 0 aliphatic carbocycles. The number of nitro groups is 1. The summed E-state index contributed by atoms with van der Waals surface area (Å²) in [6, 6.07) is 6.53. The van der Waals surface area contributed by atoms with Crippen LogP contribution < -0.4 is 5.32 Å². The van der Waals surface area contributed by atoms with Crippen LogP contribution in [0, 0.1) is 10.1 Å². The Hall–Kier alpha value is -2.90. The molecule has 3 rings (SSSR count). The first kappa shape index (κ1) is 13.1. The molecule has 1 atom stereocenters. The Morgan fingerprint density at radius 3 is 3.10 bits per heavy atom. The summed E-state index contributed by atoms with van der Waals surface area (Å²) in [6.07, 6.45) is 3.62. The van der Waals surface area contributed by atoms with E-state index in [4.69, 9.17) is 0 Å². The van der Waals surface area contributed by atoms with E-state index in [0.717, 1.165) is 0 Å². The zero-order chi connectivity index (χ0) is 14.8.